The van der Waals surface area contributed by atoms with E-state index in [0.29, 0.717) is 27.2 Å². The van der Waals surface area contributed by atoms with Crippen LogP contribution in [0.5, 0.6) is 0 Å². The first-order valence-electron chi connectivity index (χ1n) is 7.06. The van der Waals surface area contributed by atoms with Gasteiger partial charge in [0.05, 0.1) is 22.0 Å². The van der Waals surface area contributed by atoms with Crippen LogP contribution in [0.2, 0.25) is 10.0 Å². The number of hydrogen-bond acceptors (Lipinski definition) is 3. The van der Waals surface area contributed by atoms with Gasteiger partial charge in [0.25, 0.3) is 0 Å². The lowest BCUT2D eigenvalue weighted by Gasteiger charge is -2.10. The van der Waals surface area contributed by atoms with E-state index >= 15 is 0 Å². The van der Waals surface area contributed by atoms with Crippen LogP contribution in [0.25, 0.3) is 11.3 Å². The van der Waals surface area contributed by atoms with Crippen LogP contribution in [0.3, 0.4) is 0 Å². The average molecular weight is 359 g/mol. The van der Waals surface area contributed by atoms with Crippen molar-refractivity contribution in [3.8, 4) is 11.3 Å². The molecule has 0 amide bonds. The highest BCUT2D eigenvalue weighted by Crippen LogP contribution is 2.28. The van der Waals surface area contributed by atoms with Gasteiger partial charge in [0, 0.05) is 10.6 Å². The van der Waals surface area contributed by atoms with Crippen molar-refractivity contribution in [2.24, 2.45) is 0 Å². The van der Waals surface area contributed by atoms with Crippen molar-refractivity contribution in [2.75, 3.05) is 5.32 Å². The molecule has 0 saturated heterocycles. The number of rotatable bonds is 4. The Bertz CT molecular complexity index is 913. The number of nitrogens with zero attached hydrogens (tertiary/aromatic N) is 1. The van der Waals surface area contributed by atoms with Crippen molar-refractivity contribution in [1.29, 1.82) is 0 Å². The standard InChI is InChI=1S/C18H12Cl2N2O2/c19-13-7-8-16(14(20)10-13)22-17-6-2-5-15(21-17)11-3-1-4-12(9-11)18(23)24/h1-10H,(H,21,22)(H,23,24). The Hall–Kier alpha value is -2.56. The highest BCUT2D eigenvalue weighted by molar-refractivity contribution is 6.36. The van der Waals surface area contributed by atoms with Gasteiger partial charge in [-0.25, -0.2) is 9.78 Å². The molecule has 4 nitrogen and oxygen atoms in total. The SMILES string of the molecule is O=C(O)c1cccc(-c2cccc(Nc3ccc(Cl)cc3Cl)n2)c1. The quantitative estimate of drug-likeness (QED) is 0.646. The summed E-state index contributed by atoms with van der Waals surface area (Å²) in [5.74, 6) is -0.378. The lowest BCUT2D eigenvalue weighted by atomic mass is 10.1. The highest BCUT2D eigenvalue weighted by Gasteiger charge is 2.07. The van der Waals surface area contributed by atoms with Crippen LogP contribution in [0, 0.1) is 0 Å². The molecule has 0 spiro atoms. The van der Waals surface area contributed by atoms with Gasteiger partial charge in [-0.1, -0.05) is 41.4 Å². The van der Waals surface area contributed by atoms with Gasteiger partial charge in [-0.05, 0) is 42.5 Å². The van der Waals surface area contributed by atoms with Crippen molar-refractivity contribution >= 4 is 40.7 Å². The minimum absolute atomic E-state index is 0.216. The number of aromatic nitrogens is 1. The Morgan fingerprint density at radius 1 is 1.00 bits per heavy atom. The second kappa shape index (κ2) is 6.91. The van der Waals surface area contributed by atoms with E-state index < -0.39 is 5.97 Å². The van der Waals surface area contributed by atoms with Crippen molar-refractivity contribution < 1.29 is 9.90 Å². The van der Waals surface area contributed by atoms with Gasteiger partial charge >= 0.3 is 5.97 Å². The smallest absolute Gasteiger partial charge is 0.335 e. The fraction of sp³-hybridized carbons (Fsp3) is 0. The van der Waals surface area contributed by atoms with Crippen LogP contribution in [0.4, 0.5) is 11.5 Å². The molecule has 3 aromatic rings. The molecule has 0 fully saturated rings. The average Bonchev–Trinajstić information content (AvgIpc) is 2.58. The molecular weight excluding hydrogens is 347 g/mol. The first-order valence-corrected chi connectivity index (χ1v) is 7.81. The van der Waals surface area contributed by atoms with Gasteiger partial charge in [-0.3, -0.25) is 0 Å². The monoisotopic (exact) mass is 358 g/mol. The normalized spacial score (nSPS) is 10.4. The third kappa shape index (κ3) is 3.67. The molecule has 6 heteroatoms. The molecule has 0 saturated carbocycles. The summed E-state index contributed by atoms with van der Waals surface area (Å²) in [7, 11) is 0. The summed E-state index contributed by atoms with van der Waals surface area (Å²) in [5.41, 5.74) is 2.28. The zero-order chi connectivity index (χ0) is 17.1. The molecule has 1 heterocycles. The predicted molar refractivity (Wildman–Crippen MR) is 96.4 cm³/mol. The molecule has 1 aromatic heterocycles. The van der Waals surface area contributed by atoms with Crippen LogP contribution >= 0.6 is 23.2 Å². The number of carboxylic acids is 1. The first kappa shape index (κ1) is 16.3. The summed E-state index contributed by atoms with van der Waals surface area (Å²) in [6, 6.07) is 17.2. The second-order valence-corrected chi connectivity index (χ2v) is 5.89. The van der Waals surface area contributed by atoms with Crippen molar-refractivity contribution in [3.63, 3.8) is 0 Å². The zero-order valence-electron chi connectivity index (χ0n) is 12.3. The molecule has 0 bridgehead atoms. The summed E-state index contributed by atoms with van der Waals surface area (Å²) in [5, 5.41) is 13.3. The Labute approximate surface area is 148 Å². The Balaban J connectivity index is 1.92. The largest absolute Gasteiger partial charge is 0.478 e. The molecule has 120 valence electrons. The predicted octanol–water partition coefficient (Wildman–Crippen LogP) is 5.50. The van der Waals surface area contributed by atoms with Gasteiger partial charge in [-0.15, -0.1) is 0 Å². The molecule has 0 aliphatic heterocycles. The van der Waals surface area contributed by atoms with Crippen LogP contribution in [-0.2, 0) is 0 Å². The fourth-order valence-electron chi connectivity index (χ4n) is 2.21. The van der Waals surface area contributed by atoms with E-state index in [2.05, 4.69) is 10.3 Å². The van der Waals surface area contributed by atoms with Crippen molar-refractivity contribution in [2.45, 2.75) is 0 Å². The lowest BCUT2D eigenvalue weighted by Crippen LogP contribution is -1.98. The molecule has 0 radical (unpaired) electrons. The van der Waals surface area contributed by atoms with E-state index in [4.69, 9.17) is 28.3 Å². The minimum atomic E-state index is -0.973. The molecule has 0 aliphatic carbocycles. The Kier molecular flexibility index (Phi) is 4.69. The molecule has 0 atom stereocenters. The molecule has 0 unspecified atom stereocenters. The minimum Gasteiger partial charge on any atom is -0.478 e. The number of aromatic carboxylic acids is 1. The van der Waals surface area contributed by atoms with Gasteiger partial charge in [0.1, 0.15) is 5.82 Å². The third-order valence-corrected chi connectivity index (χ3v) is 3.90. The fourth-order valence-corrected chi connectivity index (χ4v) is 2.66. The number of hydrogen-bond donors (Lipinski definition) is 2. The van der Waals surface area contributed by atoms with Crippen LogP contribution in [0.1, 0.15) is 10.4 Å². The maximum atomic E-state index is 11.1. The third-order valence-electron chi connectivity index (χ3n) is 3.35. The molecule has 3 rings (SSSR count). The lowest BCUT2D eigenvalue weighted by molar-refractivity contribution is 0.0697. The second-order valence-electron chi connectivity index (χ2n) is 5.04. The van der Waals surface area contributed by atoms with E-state index in [1.54, 1.807) is 42.5 Å². The molecular formula is C18H12Cl2N2O2. The number of carbonyl (C=O) groups is 1. The maximum Gasteiger partial charge on any atom is 0.335 e. The maximum absolute atomic E-state index is 11.1. The molecule has 24 heavy (non-hydrogen) atoms. The van der Waals surface area contributed by atoms with Crippen LogP contribution in [0.15, 0.2) is 60.7 Å². The van der Waals surface area contributed by atoms with Gasteiger partial charge < -0.3 is 10.4 Å². The van der Waals surface area contributed by atoms with E-state index in [0.717, 1.165) is 5.56 Å². The zero-order valence-corrected chi connectivity index (χ0v) is 13.8. The number of anilines is 2. The van der Waals surface area contributed by atoms with E-state index in [1.165, 1.54) is 0 Å². The van der Waals surface area contributed by atoms with E-state index in [9.17, 15) is 4.79 Å². The van der Waals surface area contributed by atoms with E-state index in [-0.39, 0.29) is 5.56 Å². The highest BCUT2D eigenvalue weighted by atomic mass is 35.5. The summed E-state index contributed by atoms with van der Waals surface area (Å²) >= 11 is 12.0. The number of carboxylic acid groups (broad SMARTS) is 1. The van der Waals surface area contributed by atoms with Crippen LogP contribution < -0.4 is 5.32 Å². The molecule has 2 N–H and O–H groups in total. The Morgan fingerprint density at radius 2 is 1.79 bits per heavy atom. The van der Waals surface area contributed by atoms with Gasteiger partial charge in [0.2, 0.25) is 0 Å². The number of pyridine rings is 1. The number of halogens is 2. The van der Waals surface area contributed by atoms with Gasteiger partial charge in [0.15, 0.2) is 0 Å². The number of nitrogens with one attached hydrogen (secondary N) is 1. The molecule has 2 aromatic carbocycles. The Morgan fingerprint density at radius 3 is 2.54 bits per heavy atom. The molecule has 0 aliphatic rings. The summed E-state index contributed by atoms with van der Waals surface area (Å²) in [6.07, 6.45) is 0. The topological polar surface area (TPSA) is 62.2 Å². The van der Waals surface area contributed by atoms with Crippen molar-refractivity contribution in [3.05, 3.63) is 76.3 Å². The van der Waals surface area contributed by atoms with E-state index in [1.807, 2.05) is 18.2 Å². The van der Waals surface area contributed by atoms with Gasteiger partial charge in [-0.2, -0.15) is 0 Å². The van der Waals surface area contributed by atoms with Crippen molar-refractivity contribution in [1.82, 2.24) is 4.98 Å². The summed E-state index contributed by atoms with van der Waals surface area (Å²) in [6.45, 7) is 0. The number of benzene rings is 2. The summed E-state index contributed by atoms with van der Waals surface area (Å²) < 4.78 is 0. The summed E-state index contributed by atoms with van der Waals surface area (Å²) in [4.78, 5) is 15.6. The van der Waals surface area contributed by atoms with Crippen LogP contribution in [-0.4, -0.2) is 16.1 Å². The first-order chi connectivity index (χ1) is 11.5.